The predicted molar refractivity (Wildman–Crippen MR) is 84.6 cm³/mol. The van der Waals surface area contributed by atoms with Crippen LogP contribution in [0.25, 0.3) is 0 Å². The van der Waals surface area contributed by atoms with Crippen LogP contribution in [0.5, 0.6) is 0 Å². The normalized spacial score (nSPS) is 10.5. The molecule has 2 aromatic rings. The Labute approximate surface area is 140 Å². The summed E-state index contributed by atoms with van der Waals surface area (Å²) in [5, 5.41) is 4.20. The zero-order valence-corrected chi connectivity index (χ0v) is 13.8. The summed E-state index contributed by atoms with van der Waals surface area (Å²) in [6.45, 7) is 1.59. The third kappa shape index (κ3) is 3.79. The van der Waals surface area contributed by atoms with Crippen LogP contribution in [0.15, 0.2) is 34.3 Å². The summed E-state index contributed by atoms with van der Waals surface area (Å²) in [5.74, 6) is 0.175. The average molecular weight is 360 g/mol. The van der Waals surface area contributed by atoms with Gasteiger partial charge in [0, 0.05) is 6.20 Å². The molecule has 0 aliphatic heterocycles. The minimum Gasteiger partial charge on any atom is -0.439 e. The topological polar surface area (TPSA) is 74.1 Å². The Morgan fingerprint density at radius 3 is 2.95 bits per heavy atom. The second-order valence-corrected chi connectivity index (χ2v) is 6.00. The maximum Gasteiger partial charge on any atom is 0.342 e. The number of halogens is 2. The summed E-state index contributed by atoms with van der Waals surface area (Å²) in [6.07, 6.45) is 2.81. The maximum absolute atomic E-state index is 12.1. The van der Waals surface area contributed by atoms with Crippen molar-refractivity contribution in [2.45, 2.75) is 18.7 Å². The van der Waals surface area contributed by atoms with Crippen LogP contribution in [-0.2, 0) is 11.5 Å². The molecule has 0 aliphatic rings. The number of rotatable bonds is 5. The lowest BCUT2D eigenvalue weighted by Crippen LogP contribution is -2.25. The monoisotopic (exact) mass is 359 g/mol. The van der Waals surface area contributed by atoms with Crippen molar-refractivity contribution in [1.29, 1.82) is 0 Å². The van der Waals surface area contributed by atoms with Gasteiger partial charge in [0.15, 0.2) is 6.73 Å². The zero-order valence-electron chi connectivity index (χ0n) is 11.5. The molecule has 0 spiro atoms. The molecule has 0 aliphatic carbocycles. The summed E-state index contributed by atoms with van der Waals surface area (Å²) < 4.78 is 6.00. The van der Waals surface area contributed by atoms with E-state index in [2.05, 4.69) is 10.1 Å². The number of ether oxygens (including phenoxy) is 1. The molecule has 0 bridgehead atoms. The first kappa shape index (κ1) is 16.8. The number of carbonyl (C=O) groups excluding carboxylic acids is 1. The van der Waals surface area contributed by atoms with Crippen LogP contribution in [0.4, 0.5) is 0 Å². The molecule has 9 heteroatoms. The highest BCUT2D eigenvalue weighted by Gasteiger charge is 2.15. The van der Waals surface area contributed by atoms with Gasteiger partial charge in [-0.3, -0.25) is 4.79 Å². The Morgan fingerprint density at radius 2 is 2.23 bits per heavy atom. The Kier molecular flexibility index (Phi) is 5.82. The highest BCUT2D eigenvalue weighted by atomic mass is 35.5. The molecule has 0 unspecified atom stereocenters. The second-order valence-electron chi connectivity index (χ2n) is 3.96. The number of hydrogen-bond donors (Lipinski definition) is 0. The zero-order chi connectivity index (χ0) is 16.1. The molecule has 0 aromatic carbocycles. The quantitative estimate of drug-likeness (QED) is 0.603. The number of hydrogen-bond acceptors (Lipinski definition) is 6. The number of pyridine rings is 1. The van der Waals surface area contributed by atoms with Crippen molar-refractivity contribution in [1.82, 2.24) is 14.8 Å². The fraction of sp³-hybridized carbons (Fsp3) is 0.231. The third-order valence-corrected chi connectivity index (χ3v) is 4.17. The van der Waals surface area contributed by atoms with E-state index in [-0.39, 0.29) is 16.8 Å². The Hall–Kier alpha value is -1.57. The van der Waals surface area contributed by atoms with Gasteiger partial charge < -0.3 is 4.74 Å². The van der Waals surface area contributed by atoms with E-state index in [9.17, 15) is 9.59 Å². The predicted octanol–water partition coefficient (Wildman–Crippen LogP) is 2.87. The highest BCUT2D eigenvalue weighted by molar-refractivity contribution is 7.99. The lowest BCUT2D eigenvalue weighted by molar-refractivity contribution is 0.0335. The number of esters is 1. The molecule has 2 heterocycles. The van der Waals surface area contributed by atoms with Crippen molar-refractivity contribution >= 4 is 40.9 Å². The van der Waals surface area contributed by atoms with Gasteiger partial charge in [-0.1, -0.05) is 30.1 Å². The van der Waals surface area contributed by atoms with Crippen molar-refractivity contribution in [2.75, 3.05) is 5.75 Å². The summed E-state index contributed by atoms with van der Waals surface area (Å²) >= 11 is 12.8. The van der Waals surface area contributed by atoms with Crippen LogP contribution in [-0.4, -0.2) is 26.5 Å². The van der Waals surface area contributed by atoms with Crippen molar-refractivity contribution in [3.05, 3.63) is 50.5 Å². The minimum atomic E-state index is -0.628. The van der Waals surface area contributed by atoms with Gasteiger partial charge in [-0.2, -0.15) is 9.78 Å². The van der Waals surface area contributed by atoms with Crippen LogP contribution >= 0.6 is 35.0 Å². The van der Waals surface area contributed by atoms with Crippen molar-refractivity contribution in [3.63, 3.8) is 0 Å². The van der Waals surface area contributed by atoms with E-state index in [4.69, 9.17) is 27.9 Å². The lowest BCUT2D eigenvalue weighted by Gasteiger charge is -2.09. The van der Waals surface area contributed by atoms with E-state index in [0.717, 1.165) is 10.4 Å². The number of thioether (sulfide) groups is 1. The molecule has 116 valence electrons. The largest absolute Gasteiger partial charge is 0.439 e. The van der Waals surface area contributed by atoms with Crippen LogP contribution in [0.1, 0.15) is 17.3 Å². The smallest absolute Gasteiger partial charge is 0.342 e. The highest BCUT2D eigenvalue weighted by Crippen LogP contribution is 2.20. The second kappa shape index (κ2) is 7.62. The van der Waals surface area contributed by atoms with Gasteiger partial charge in [0.1, 0.15) is 10.0 Å². The van der Waals surface area contributed by atoms with Gasteiger partial charge in [0.05, 0.1) is 16.8 Å². The first-order chi connectivity index (χ1) is 10.5. The van der Waals surface area contributed by atoms with Crippen molar-refractivity contribution < 1.29 is 9.53 Å². The van der Waals surface area contributed by atoms with Gasteiger partial charge >= 0.3 is 5.97 Å². The molecule has 0 radical (unpaired) electrons. The molecule has 0 saturated heterocycles. The Morgan fingerprint density at radius 1 is 1.45 bits per heavy atom. The maximum atomic E-state index is 12.1. The molecule has 0 atom stereocenters. The lowest BCUT2D eigenvalue weighted by atomic mass is 10.3. The number of aromatic nitrogens is 3. The first-order valence-corrected chi connectivity index (χ1v) is 7.94. The first-order valence-electron chi connectivity index (χ1n) is 6.20. The van der Waals surface area contributed by atoms with E-state index in [1.807, 2.05) is 6.92 Å². The molecule has 0 fully saturated rings. The van der Waals surface area contributed by atoms with E-state index in [1.54, 1.807) is 18.3 Å². The van der Waals surface area contributed by atoms with Gasteiger partial charge in [-0.05, 0) is 17.9 Å². The van der Waals surface area contributed by atoms with Gasteiger partial charge in [-0.15, -0.1) is 11.8 Å². The standard InChI is InChI=1S/C13H11Cl2N3O3S/c1-2-22-11-8(4-3-5-16-11)13(20)21-7-18-12(19)10(15)9(14)6-17-18/h3-6H,2,7H2,1H3. The van der Waals surface area contributed by atoms with Crippen LogP contribution in [0.3, 0.4) is 0 Å². The number of nitrogens with zero attached hydrogens (tertiary/aromatic N) is 3. The fourth-order valence-corrected chi connectivity index (χ4v) is 2.52. The summed E-state index contributed by atoms with van der Waals surface area (Å²) in [5.41, 5.74) is -0.293. The molecular weight excluding hydrogens is 349 g/mol. The van der Waals surface area contributed by atoms with Gasteiger partial charge in [0.2, 0.25) is 0 Å². The van der Waals surface area contributed by atoms with E-state index >= 15 is 0 Å². The molecule has 0 amide bonds. The average Bonchev–Trinajstić information content (AvgIpc) is 2.52. The summed E-state index contributed by atoms with van der Waals surface area (Å²) in [6, 6.07) is 3.25. The third-order valence-electron chi connectivity index (χ3n) is 2.53. The minimum absolute atomic E-state index is 0.0446. The SMILES string of the molecule is CCSc1ncccc1C(=O)OCn1ncc(Cl)c(Cl)c1=O. The fourth-order valence-electron chi connectivity index (χ4n) is 1.53. The van der Waals surface area contributed by atoms with Crippen LogP contribution in [0.2, 0.25) is 10.0 Å². The summed E-state index contributed by atoms with van der Waals surface area (Å²) in [4.78, 5) is 28.0. The molecular formula is C13H11Cl2N3O3S. The summed E-state index contributed by atoms with van der Waals surface area (Å²) in [7, 11) is 0. The molecule has 6 nitrogen and oxygen atoms in total. The van der Waals surface area contributed by atoms with Gasteiger partial charge in [0.25, 0.3) is 5.56 Å². The Balaban J connectivity index is 2.14. The molecule has 0 saturated carbocycles. The molecule has 0 N–H and O–H groups in total. The molecule has 2 rings (SSSR count). The van der Waals surface area contributed by atoms with Crippen LogP contribution < -0.4 is 5.56 Å². The van der Waals surface area contributed by atoms with Gasteiger partial charge in [-0.25, -0.2) is 9.78 Å². The molecule has 2 aromatic heterocycles. The Bertz CT molecular complexity index is 752. The van der Waals surface area contributed by atoms with Crippen molar-refractivity contribution in [3.8, 4) is 0 Å². The van der Waals surface area contributed by atoms with E-state index < -0.39 is 11.5 Å². The molecule has 22 heavy (non-hydrogen) atoms. The van der Waals surface area contributed by atoms with E-state index in [0.29, 0.717) is 10.6 Å². The van der Waals surface area contributed by atoms with Crippen molar-refractivity contribution in [2.24, 2.45) is 0 Å². The number of carbonyl (C=O) groups is 1. The van der Waals surface area contributed by atoms with E-state index in [1.165, 1.54) is 18.0 Å². The van der Waals surface area contributed by atoms with Crippen LogP contribution in [0, 0.1) is 0 Å².